The molecule has 1 aromatic carbocycles. The minimum Gasteiger partial charge on any atom is -0.326 e. The molecule has 0 saturated carbocycles. The Labute approximate surface area is 66.6 Å². The third-order valence-corrected chi connectivity index (χ3v) is 1.43. The highest BCUT2D eigenvalue weighted by Crippen LogP contribution is 2.08. The van der Waals surface area contributed by atoms with Crippen molar-refractivity contribution in [1.82, 2.24) is 5.43 Å². The van der Waals surface area contributed by atoms with Crippen molar-refractivity contribution in [2.24, 2.45) is 5.73 Å². The van der Waals surface area contributed by atoms with E-state index in [0.29, 0.717) is 6.54 Å². The molecule has 11 heavy (non-hydrogen) atoms. The lowest BCUT2D eigenvalue weighted by Crippen LogP contribution is -2.15. The molecule has 0 aliphatic heterocycles. The maximum absolute atomic E-state index is 5.47. The van der Waals surface area contributed by atoms with E-state index in [-0.39, 0.29) is 0 Å². The zero-order valence-corrected chi connectivity index (χ0v) is 6.59. The molecule has 0 bridgehead atoms. The van der Waals surface area contributed by atoms with Gasteiger partial charge in [0.15, 0.2) is 0 Å². The van der Waals surface area contributed by atoms with Crippen LogP contribution in [0.3, 0.4) is 0 Å². The SMILES string of the molecule is CNNc1cccc(CN)c1. The number of nitrogens with two attached hydrogens (primary N) is 1. The van der Waals surface area contributed by atoms with E-state index in [2.05, 4.69) is 10.9 Å². The summed E-state index contributed by atoms with van der Waals surface area (Å²) < 4.78 is 0. The number of hydrogen-bond donors (Lipinski definition) is 3. The van der Waals surface area contributed by atoms with Gasteiger partial charge >= 0.3 is 0 Å². The summed E-state index contributed by atoms with van der Waals surface area (Å²) in [6, 6.07) is 7.97. The van der Waals surface area contributed by atoms with E-state index in [4.69, 9.17) is 5.73 Å². The Morgan fingerprint density at radius 1 is 1.45 bits per heavy atom. The number of anilines is 1. The van der Waals surface area contributed by atoms with Gasteiger partial charge in [0.1, 0.15) is 0 Å². The lowest BCUT2D eigenvalue weighted by atomic mass is 10.2. The minimum atomic E-state index is 0.583. The second-order valence-corrected chi connectivity index (χ2v) is 2.28. The smallest absolute Gasteiger partial charge is 0.0490 e. The molecule has 1 aromatic rings. The Hall–Kier alpha value is -1.06. The molecule has 0 atom stereocenters. The van der Waals surface area contributed by atoms with Gasteiger partial charge in [-0.15, -0.1) is 0 Å². The second-order valence-electron chi connectivity index (χ2n) is 2.28. The summed E-state index contributed by atoms with van der Waals surface area (Å²) in [6.07, 6.45) is 0. The number of rotatable bonds is 3. The maximum Gasteiger partial charge on any atom is 0.0490 e. The van der Waals surface area contributed by atoms with Gasteiger partial charge in [0.2, 0.25) is 0 Å². The van der Waals surface area contributed by atoms with Crippen molar-refractivity contribution in [3.05, 3.63) is 29.8 Å². The van der Waals surface area contributed by atoms with Crippen molar-refractivity contribution in [3.63, 3.8) is 0 Å². The summed E-state index contributed by atoms with van der Waals surface area (Å²) in [5, 5.41) is 0. The van der Waals surface area contributed by atoms with Crippen LogP contribution in [0, 0.1) is 0 Å². The highest BCUT2D eigenvalue weighted by molar-refractivity contribution is 5.44. The van der Waals surface area contributed by atoms with Gasteiger partial charge in [-0.2, -0.15) is 0 Å². The van der Waals surface area contributed by atoms with Gasteiger partial charge in [0.25, 0.3) is 0 Å². The van der Waals surface area contributed by atoms with Crippen molar-refractivity contribution in [3.8, 4) is 0 Å². The lowest BCUT2D eigenvalue weighted by molar-refractivity contribution is 0.979. The fraction of sp³-hybridized carbons (Fsp3) is 0.250. The van der Waals surface area contributed by atoms with Crippen LogP contribution < -0.4 is 16.6 Å². The van der Waals surface area contributed by atoms with E-state index < -0.39 is 0 Å². The number of hydrazine groups is 1. The molecule has 3 heteroatoms. The van der Waals surface area contributed by atoms with Crippen LogP contribution in [-0.4, -0.2) is 7.05 Å². The fourth-order valence-corrected chi connectivity index (χ4v) is 0.920. The summed E-state index contributed by atoms with van der Waals surface area (Å²) in [7, 11) is 1.83. The molecule has 0 aliphatic rings. The predicted octanol–water partition coefficient (Wildman–Crippen LogP) is 0.692. The van der Waals surface area contributed by atoms with Crippen LogP contribution in [0.25, 0.3) is 0 Å². The molecule has 0 radical (unpaired) electrons. The molecule has 0 aliphatic carbocycles. The van der Waals surface area contributed by atoms with Crippen LogP contribution in [-0.2, 0) is 6.54 Å². The van der Waals surface area contributed by atoms with Gasteiger partial charge in [0.05, 0.1) is 0 Å². The van der Waals surface area contributed by atoms with E-state index in [0.717, 1.165) is 11.3 Å². The Balaban J connectivity index is 2.74. The molecule has 0 spiro atoms. The largest absolute Gasteiger partial charge is 0.326 e. The summed E-state index contributed by atoms with van der Waals surface area (Å²) in [5.74, 6) is 0. The van der Waals surface area contributed by atoms with Crippen LogP contribution in [0.5, 0.6) is 0 Å². The first-order valence-corrected chi connectivity index (χ1v) is 3.58. The van der Waals surface area contributed by atoms with E-state index in [9.17, 15) is 0 Å². The Morgan fingerprint density at radius 2 is 2.27 bits per heavy atom. The molecule has 0 unspecified atom stereocenters. The molecule has 0 saturated heterocycles. The normalized spacial score (nSPS) is 9.64. The van der Waals surface area contributed by atoms with Crippen molar-refractivity contribution >= 4 is 5.69 Å². The van der Waals surface area contributed by atoms with Gasteiger partial charge in [-0.25, -0.2) is 5.43 Å². The van der Waals surface area contributed by atoms with Crippen molar-refractivity contribution in [1.29, 1.82) is 0 Å². The van der Waals surface area contributed by atoms with Crippen molar-refractivity contribution < 1.29 is 0 Å². The zero-order valence-electron chi connectivity index (χ0n) is 6.59. The van der Waals surface area contributed by atoms with Crippen LogP contribution in [0.2, 0.25) is 0 Å². The standard InChI is InChI=1S/C8H13N3/c1-10-11-8-4-2-3-7(5-8)6-9/h2-5,10-11H,6,9H2,1H3. The topological polar surface area (TPSA) is 50.1 Å². The highest BCUT2D eigenvalue weighted by Gasteiger charge is 1.90. The molecular formula is C8H13N3. The monoisotopic (exact) mass is 151 g/mol. The first-order chi connectivity index (χ1) is 5.36. The minimum absolute atomic E-state index is 0.583. The van der Waals surface area contributed by atoms with Crippen LogP contribution >= 0.6 is 0 Å². The Kier molecular flexibility index (Phi) is 2.89. The third kappa shape index (κ3) is 2.22. The number of nitrogens with one attached hydrogen (secondary N) is 2. The average molecular weight is 151 g/mol. The van der Waals surface area contributed by atoms with Crippen LogP contribution in [0.1, 0.15) is 5.56 Å². The summed E-state index contributed by atoms with van der Waals surface area (Å²) >= 11 is 0. The van der Waals surface area contributed by atoms with E-state index >= 15 is 0 Å². The van der Waals surface area contributed by atoms with Crippen LogP contribution in [0.15, 0.2) is 24.3 Å². The average Bonchev–Trinajstić information content (AvgIpc) is 2.06. The number of hydrogen-bond acceptors (Lipinski definition) is 3. The first kappa shape index (κ1) is 8.04. The molecule has 4 N–H and O–H groups in total. The van der Waals surface area contributed by atoms with Gasteiger partial charge in [-0.3, -0.25) is 0 Å². The molecule has 0 aromatic heterocycles. The first-order valence-electron chi connectivity index (χ1n) is 3.58. The van der Waals surface area contributed by atoms with Gasteiger partial charge in [-0.05, 0) is 17.7 Å². The van der Waals surface area contributed by atoms with Gasteiger partial charge in [0, 0.05) is 19.3 Å². The maximum atomic E-state index is 5.47. The molecule has 0 amide bonds. The van der Waals surface area contributed by atoms with Gasteiger partial charge < -0.3 is 11.2 Å². The fourth-order valence-electron chi connectivity index (χ4n) is 0.920. The van der Waals surface area contributed by atoms with Crippen LogP contribution in [0.4, 0.5) is 5.69 Å². The Bertz CT molecular complexity index is 222. The van der Waals surface area contributed by atoms with E-state index in [1.54, 1.807) is 0 Å². The zero-order chi connectivity index (χ0) is 8.10. The predicted molar refractivity (Wildman–Crippen MR) is 47.0 cm³/mol. The quantitative estimate of drug-likeness (QED) is 0.557. The number of benzene rings is 1. The second kappa shape index (κ2) is 3.95. The highest BCUT2D eigenvalue weighted by atomic mass is 15.3. The molecule has 1 rings (SSSR count). The molecule has 0 fully saturated rings. The summed E-state index contributed by atoms with van der Waals surface area (Å²) in [4.78, 5) is 0. The van der Waals surface area contributed by atoms with Gasteiger partial charge in [-0.1, -0.05) is 12.1 Å². The molecule has 60 valence electrons. The van der Waals surface area contributed by atoms with E-state index in [1.807, 2.05) is 31.3 Å². The Morgan fingerprint density at radius 3 is 2.91 bits per heavy atom. The summed E-state index contributed by atoms with van der Waals surface area (Å²) in [6.45, 7) is 0.583. The lowest BCUT2D eigenvalue weighted by Gasteiger charge is -2.04. The van der Waals surface area contributed by atoms with E-state index in [1.165, 1.54) is 0 Å². The molecular weight excluding hydrogens is 138 g/mol. The van der Waals surface area contributed by atoms with Crippen molar-refractivity contribution in [2.45, 2.75) is 6.54 Å². The molecule has 3 nitrogen and oxygen atoms in total. The third-order valence-electron chi connectivity index (χ3n) is 1.43. The molecule has 0 heterocycles. The van der Waals surface area contributed by atoms with Crippen molar-refractivity contribution in [2.75, 3.05) is 12.5 Å². The summed E-state index contributed by atoms with van der Waals surface area (Å²) in [5.41, 5.74) is 13.5.